The van der Waals surface area contributed by atoms with E-state index < -0.39 is 16.3 Å². The van der Waals surface area contributed by atoms with Crippen molar-refractivity contribution in [1.29, 1.82) is 0 Å². The number of nitrogens with one attached hydrogen (secondary N) is 2. The van der Waals surface area contributed by atoms with E-state index >= 15 is 0 Å². The van der Waals surface area contributed by atoms with Crippen molar-refractivity contribution in [1.82, 2.24) is 10.0 Å². The van der Waals surface area contributed by atoms with Crippen molar-refractivity contribution >= 4 is 10.0 Å². The Balaban J connectivity index is 2.33. The van der Waals surface area contributed by atoms with Crippen LogP contribution in [0.5, 0.6) is 5.75 Å². The van der Waals surface area contributed by atoms with Crippen molar-refractivity contribution in [3.8, 4) is 5.75 Å². The second-order valence-electron chi connectivity index (χ2n) is 3.81. The fourth-order valence-electron chi connectivity index (χ4n) is 1.62. The van der Waals surface area contributed by atoms with Crippen LogP contribution in [-0.4, -0.2) is 26.9 Å². The Morgan fingerprint density at radius 3 is 2.79 bits per heavy atom. The number of hydrogen-bond donors (Lipinski definition) is 3. The summed E-state index contributed by atoms with van der Waals surface area (Å²) in [6.45, 7) is 0. The molecule has 0 amide bonds. The van der Waals surface area contributed by atoms with Crippen LogP contribution in [0.4, 0.5) is 0 Å². The van der Waals surface area contributed by atoms with Crippen LogP contribution in [-0.2, 0) is 10.0 Å². The monoisotopic (exact) mass is 282 g/mol. The maximum absolute atomic E-state index is 12.2. The number of methoxy groups -OCH3 is 1. The zero-order valence-electron chi connectivity index (χ0n) is 10.2. The lowest BCUT2D eigenvalue weighted by Crippen LogP contribution is -2.37. The molecule has 0 aromatic heterocycles. The van der Waals surface area contributed by atoms with Gasteiger partial charge in [0.05, 0.1) is 12.8 Å². The van der Waals surface area contributed by atoms with Gasteiger partial charge >= 0.3 is 0 Å². The predicted octanol–water partition coefficient (Wildman–Crippen LogP) is 0.293. The maximum atomic E-state index is 12.2. The van der Waals surface area contributed by atoms with Crippen LogP contribution in [0.1, 0.15) is 0 Å². The zero-order valence-corrected chi connectivity index (χ0v) is 11.0. The summed E-state index contributed by atoms with van der Waals surface area (Å²) in [5, 5.41) is 12.2. The molecule has 2 rings (SSSR count). The summed E-state index contributed by atoms with van der Waals surface area (Å²) in [5.74, 6) is 0.240. The molecule has 0 bridgehead atoms. The molecule has 102 valence electrons. The first-order chi connectivity index (χ1) is 9.04. The SMILES string of the molecule is COc1ccccc1S(=O)(=O)NC1=CC=CNC1O. The molecule has 0 saturated heterocycles. The number of ether oxygens (including phenoxy) is 1. The van der Waals surface area contributed by atoms with Gasteiger partial charge in [0.15, 0.2) is 6.23 Å². The van der Waals surface area contributed by atoms with E-state index in [2.05, 4.69) is 10.0 Å². The third-order valence-electron chi connectivity index (χ3n) is 2.53. The minimum atomic E-state index is -3.81. The van der Waals surface area contributed by atoms with Crippen molar-refractivity contribution in [2.75, 3.05) is 7.11 Å². The number of dihydropyridines is 1. The smallest absolute Gasteiger partial charge is 0.265 e. The first-order valence-electron chi connectivity index (χ1n) is 5.51. The van der Waals surface area contributed by atoms with Gasteiger partial charge < -0.3 is 15.2 Å². The lowest BCUT2D eigenvalue weighted by molar-refractivity contribution is 0.183. The molecule has 1 aromatic carbocycles. The van der Waals surface area contributed by atoms with E-state index in [0.29, 0.717) is 0 Å². The molecule has 3 N–H and O–H groups in total. The summed E-state index contributed by atoms with van der Waals surface area (Å²) in [4.78, 5) is 0.0140. The molecule has 0 saturated carbocycles. The van der Waals surface area contributed by atoms with Gasteiger partial charge in [-0.05, 0) is 30.5 Å². The number of para-hydroxylation sites is 1. The lowest BCUT2D eigenvalue weighted by atomic mass is 10.3. The van der Waals surface area contributed by atoms with E-state index in [1.165, 1.54) is 25.5 Å². The Kier molecular flexibility index (Phi) is 3.77. The molecular weight excluding hydrogens is 268 g/mol. The highest BCUT2D eigenvalue weighted by Gasteiger charge is 2.23. The molecule has 1 atom stereocenters. The van der Waals surface area contributed by atoms with Crippen LogP contribution >= 0.6 is 0 Å². The highest BCUT2D eigenvalue weighted by molar-refractivity contribution is 7.89. The molecule has 1 aromatic rings. The molecule has 19 heavy (non-hydrogen) atoms. The molecule has 1 heterocycles. The number of sulfonamides is 1. The van der Waals surface area contributed by atoms with Crippen molar-refractivity contribution < 1.29 is 18.3 Å². The maximum Gasteiger partial charge on any atom is 0.265 e. The van der Waals surface area contributed by atoms with Crippen LogP contribution in [0.2, 0.25) is 0 Å². The summed E-state index contributed by atoms with van der Waals surface area (Å²) in [7, 11) is -2.42. The van der Waals surface area contributed by atoms with Gasteiger partial charge in [0, 0.05) is 0 Å². The minimum Gasteiger partial charge on any atom is -0.495 e. The Morgan fingerprint density at radius 1 is 1.37 bits per heavy atom. The Labute approximate surface area is 111 Å². The molecule has 0 radical (unpaired) electrons. The van der Waals surface area contributed by atoms with Crippen LogP contribution in [0, 0.1) is 0 Å². The number of aliphatic hydroxyl groups excluding tert-OH is 1. The van der Waals surface area contributed by atoms with Crippen LogP contribution in [0.3, 0.4) is 0 Å². The summed E-state index contributed by atoms with van der Waals surface area (Å²) >= 11 is 0. The second-order valence-corrected chi connectivity index (χ2v) is 5.46. The second kappa shape index (κ2) is 5.33. The molecule has 6 nitrogen and oxygen atoms in total. The van der Waals surface area contributed by atoms with Crippen LogP contribution < -0.4 is 14.8 Å². The van der Waals surface area contributed by atoms with Crippen molar-refractivity contribution in [3.05, 3.63) is 48.3 Å². The van der Waals surface area contributed by atoms with E-state index in [-0.39, 0.29) is 16.3 Å². The van der Waals surface area contributed by atoms with Crippen LogP contribution in [0.25, 0.3) is 0 Å². The van der Waals surface area contributed by atoms with Gasteiger partial charge in [0.25, 0.3) is 10.0 Å². The minimum absolute atomic E-state index is 0.0140. The Bertz CT molecular complexity index is 622. The van der Waals surface area contributed by atoms with Gasteiger partial charge in [0.1, 0.15) is 10.6 Å². The summed E-state index contributed by atoms with van der Waals surface area (Å²) < 4.78 is 31.8. The fraction of sp³-hybridized carbons (Fsp3) is 0.167. The normalized spacial score (nSPS) is 18.4. The number of hydrogen-bond acceptors (Lipinski definition) is 5. The largest absolute Gasteiger partial charge is 0.495 e. The summed E-state index contributed by atoms with van der Waals surface area (Å²) in [6.07, 6.45) is 3.50. The molecule has 1 aliphatic rings. The van der Waals surface area contributed by atoms with Crippen molar-refractivity contribution in [2.45, 2.75) is 11.1 Å². The first-order valence-corrected chi connectivity index (χ1v) is 6.99. The molecule has 1 aliphatic heterocycles. The van der Waals surface area contributed by atoms with Gasteiger partial charge in [-0.1, -0.05) is 12.1 Å². The van der Waals surface area contributed by atoms with Gasteiger partial charge in [-0.15, -0.1) is 0 Å². The Hall–Kier alpha value is -1.99. The van der Waals surface area contributed by atoms with Gasteiger partial charge in [0.2, 0.25) is 0 Å². The number of rotatable bonds is 4. The summed E-state index contributed by atoms with van der Waals surface area (Å²) in [5.41, 5.74) is 0.147. The molecule has 1 unspecified atom stereocenters. The number of aliphatic hydroxyl groups is 1. The number of benzene rings is 1. The highest BCUT2D eigenvalue weighted by Crippen LogP contribution is 2.23. The third-order valence-corrected chi connectivity index (χ3v) is 3.95. The van der Waals surface area contributed by atoms with E-state index in [9.17, 15) is 13.5 Å². The van der Waals surface area contributed by atoms with E-state index in [1.807, 2.05) is 0 Å². The van der Waals surface area contributed by atoms with Crippen molar-refractivity contribution in [3.63, 3.8) is 0 Å². The molecule has 0 aliphatic carbocycles. The fourth-order valence-corrected chi connectivity index (χ4v) is 2.89. The van der Waals surface area contributed by atoms with Crippen molar-refractivity contribution in [2.24, 2.45) is 0 Å². The standard InChI is InChI=1S/C12H14N2O4S/c1-18-10-6-2-3-7-11(10)19(16,17)14-9-5-4-8-13-12(9)15/h2-8,12-15H,1H3. The summed E-state index contributed by atoms with van der Waals surface area (Å²) in [6, 6.07) is 6.26. The molecule has 7 heteroatoms. The highest BCUT2D eigenvalue weighted by atomic mass is 32.2. The van der Waals surface area contributed by atoms with E-state index in [1.54, 1.807) is 24.3 Å². The third kappa shape index (κ3) is 2.88. The molecular formula is C12H14N2O4S. The molecule has 0 fully saturated rings. The van der Waals surface area contributed by atoms with Crippen LogP contribution in [0.15, 0.2) is 53.2 Å². The average Bonchev–Trinajstić information content (AvgIpc) is 2.41. The first kappa shape index (κ1) is 13.4. The van der Waals surface area contributed by atoms with E-state index in [0.717, 1.165) is 0 Å². The quantitative estimate of drug-likeness (QED) is 0.739. The predicted molar refractivity (Wildman–Crippen MR) is 69.7 cm³/mol. The molecule has 0 spiro atoms. The van der Waals surface area contributed by atoms with Gasteiger partial charge in [-0.3, -0.25) is 4.72 Å². The average molecular weight is 282 g/mol. The topological polar surface area (TPSA) is 87.7 Å². The van der Waals surface area contributed by atoms with E-state index in [4.69, 9.17) is 4.74 Å². The van der Waals surface area contributed by atoms with Gasteiger partial charge in [-0.2, -0.15) is 0 Å². The lowest BCUT2D eigenvalue weighted by Gasteiger charge is -2.20. The Morgan fingerprint density at radius 2 is 2.11 bits per heavy atom. The number of allylic oxidation sites excluding steroid dienone is 2. The zero-order chi connectivity index (χ0) is 13.9. The van der Waals surface area contributed by atoms with Gasteiger partial charge in [-0.25, -0.2) is 8.42 Å².